The first-order valence-electron chi connectivity index (χ1n) is 6.61. The zero-order chi connectivity index (χ0) is 15.2. The van der Waals surface area contributed by atoms with Crippen LogP contribution in [0, 0.1) is 0 Å². The highest BCUT2D eigenvalue weighted by Gasteiger charge is 2.10. The zero-order valence-electron chi connectivity index (χ0n) is 11.8. The Morgan fingerprint density at radius 3 is 2.62 bits per heavy atom. The smallest absolute Gasteiger partial charge is 0.119 e. The van der Waals surface area contributed by atoms with Crippen molar-refractivity contribution in [3.8, 4) is 5.75 Å². The predicted octanol–water partition coefficient (Wildman–Crippen LogP) is 4.29. The number of nitrogens with one attached hydrogen (secondary N) is 1. The molecule has 2 N–H and O–H groups in total. The van der Waals surface area contributed by atoms with E-state index >= 15 is 0 Å². The first-order chi connectivity index (χ1) is 10.1. The van der Waals surface area contributed by atoms with Gasteiger partial charge in [-0.1, -0.05) is 34.1 Å². The highest BCUT2D eigenvalue weighted by molar-refractivity contribution is 9.10. The van der Waals surface area contributed by atoms with Gasteiger partial charge in [-0.25, -0.2) is 0 Å². The Labute approximate surface area is 133 Å². The maximum absolute atomic E-state index is 10.0. The van der Waals surface area contributed by atoms with Gasteiger partial charge in [0.2, 0.25) is 0 Å². The molecular weight excluding hydrogens is 330 g/mol. The van der Waals surface area contributed by atoms with Gasteiger partial charge in [0.05, 0.1) is 13.2 Å². The predicted molar refractivity (Wildman–Crippen MR) is 89.6 cm³/mol. The normalized spacial score (nSPS) is 11.8. The minimum absolute atomic E-state index is 0.677. The molecule has 0 radical (unpaired) electrons. The molecule has 0 bridgehead atoms. The van der Waals surface area contributed by atoms with Crippen molar-refractivity contribution < 1.29 is 9.84 Å². The lowest BCUT2D eigenvalue weighted by atomic mass is 10.1. The molecule has 0 aliphatic heterocycles. The Balaban J connectivity index is 2.18. The average Bonchev–Trinajstić information content (AvgIpc) is 2.53. The molecule has 0 spiro atoms. The highest BCUT2D eigenvalue weighted by Crippen LogP contribution is 2.28. The van der Waals surface area contributed by atoms with Crippen molar-refractivity contribution in [3.05, 3.63) is 70.7 Å². The molecule has 0 heterocycles. The van der Waals surface area contributed by atoms with Gasteiger partial charge in [0.15, 0.2) is 0 Å². The molecule has 0 fully saturated rings. The second kappa shape index (κ2) is 7.29. The number of ether oxygens (including phenoxy) is 1. The van der Waals surface area contributed by atoms with Crippen molar-refractivity contribution in [2.45, 2.75) is 12.6 Å². The Bertz CT molecular complexity index is 611. The van der Waals surface area contributed by atoms with Crippen LogP contribution in [0.1, 0.15) is 17.2 Å². The van der Waals surface area contributed by atoms with Gasteiger partial charge in [0, 0.05) is 22.3 Å². The summed E-state index contributed by atoms with van der Waals surface area (Å²) in [5, 5.41) is 13.4. The number of methoxy groups -OCH3 is 1. The van der Waals surface area contributed by atoms with Crippen LogP contribution in [0.3, 0.4) is 0 Å². The van der Waals surface area contributed by atoms with Gasteiger partial charge >= 0.3 is 0 Å². The molecule has 1 unspecified atom stereocenters. The molecule has 0 amide bonds. The first-order valence-corrected chi connectivity index (χ1v) is 7.40. The molecule has 0 saturated heterocycles. The summed E-state index contributed by atoms with van der Waals surface area (Å²) in [6.07, 6.45) is 0.770. The van der Waals surface area contributed by atoms with E-state index in [0.29, 0.717) is 12.3 Å². The molecule has 21 heavy (non-hydrogen) atoms. The summed E-state index contributed by atoms with van der Waals surface area (Å²) < 4.78 is 6.26. The van der Waals surface area contributed by atoms with Gasteiger partial charge in [0.1, 0.15) is 5.75 Å². The van der Waals surface area contributed by atoms with Crippen molar-refractivity contribution in [2.24, 2.45) is 0 Å². The van der Waals surface area contributed by atoms with E-state index in [1.54, 1.807) is 7.11 Å². The Morgan fingerprint density at radius 1 is 1.29 bits per heavy atom. The third-order valence-corrected chi connectivity index (χ3v) is 3.73. The van der Waals surface area contributed by atoms with Crippen LogP contribution in [0.2, 0.25) is 0 Å². The number of anilines is 1. The summed E-state index contributed by atoms with van der Waals surface area (Å²) in [5.41, 5.74) is 2.78. The van der Waals surface area contributed by atoms with Gasteiger partial charge in [-0.15, -0.1) is 6.58 Å². The monoisotopic (exact) mass is 347 g/mol. The van der Waals surface area contributed by atoms with Crippen LogP contribution in [-0.2, 0) is 6.54 Å². The van der Waals surface area contributed by atoms with Crippen LogP contribution in [0.5, 0.6) is 5.75 Å². The molecule has 0 aliphatic rings. The fraction of sp³-hybridized carbons (Fsp3) is 0.176. The van der Waals surface area contributed by atoms with Crippen molar-refractivity contribution in [2.75, 3.05) is 12.4 Å². The van der Waals surface area contributed by atoms with Gasteiger partial charge in [-0.3, -0.25) is 0 Å². The molecule has 2 aromatic rings. The molecule has 2 rings (SSSR count). The average molecular weight is 348 g/mol. The SMILES string of the molecule is C=CC(O)c1cc(OC)ccc1NCc1ccc(Br)cc1. The second-order valence-electron chi connectivity index (χ2n) is 4.61. The first kappa shape index (κ1) is 15.6. The quantitative estimate of drug-likeness (QED) is 0.766. The summed E-state index contributed by atoms with van der Waals surface area (Å²) in [5.74, 6) is 0.708. The van der Waals surface area contributed by atoms with Crippen LogP contribution in [0.15, 0.2) is 59.6 Å². The van der Waals surface area contributed by atoms with Crippen LogP contribution in [0.25, 0.3) is 0 Å². The number of hydrogen-bond donors (Lipinski definition) is 2. The minimum Gasteiger partial charge on any atom is -0.497 e. The van der Waals surface area contributed by atoms with Crippen LogP contribution in [-0.4, -0.2) is 12.2 Å². The minimum atomic E-state index is -0.729. The third-order valence-electron chi connectivity index (χ3n) is 3.20. The van der Waals surface area contributed by atoms with Gasteiger partial charge in [0.25, 0.3) is 0 Å². The van der Waals surface area contributed by atoms with E-state index in [1.807, 2.05) is 42.5 Å². The van der Waals surface area contributed by atoms with Crippen LogP contribution >= 0.6 is 15.9 Å². The van der Waals surface area contributed by atoms with E-state index in [1.165, 1.54) is 6.08 Å². The number of benzene rings is 2. The zero-order valence-corrected chi connectivity index (χ0v) is 13.4. The molecule has 0 aromatic heterocycles. The van der Waals surface area contributed by atoms with Crippen molar-refractivity contribution in [1.29, 1.82) is 0 Å². The van der Waals surface area contributed by atoms with Gasteiger partial charge < -0.3 is 15.2 Å². The van der Waals surface area contributed by atoms with E-state index in [-0.39, 0.29) is 0 Å². The molecular formula is C17H18BrNO2. The Morgan fingerprint density at radius 2 is 2.00 bits per heavy atom. The summed E-state index contributed by atoms with van der Waals surface area (Å²) in [6, 6.07) is 13.7. The molecule has 4 heteroatoms. The van der Waals surface area contributed by atoms with E-state index in [0.717, 1.165) is 21.3 Å². The van der Waals surface area contributed by atoms with Crippen molar-refractivity contribution in [1.82, 2.24) is 0 Å². The fourth-order valence-electron chi connectivity index (χ4n) is 2.00. The molecule has 2 aromatic carbocycles. The molecule has 3 nitrogen and oxygen atoms in total. The molecule has 0 saturated carbocycles. The van der Waals surface area contributed by atoms with Gasteiger partial charge in [-0.05, 0) is 35.9 Å². The van der Waals surface area contributed by atoms with Crippen LogP contribution < -0.4 is 10.1 Å². The Kier molecular flexibility index (Phi) is 5.42. The standard InChI is InChI=1S/C17H18BrNO2/c1-3-17(20)15-10-14(21-2)8-9-16(15)19-11-12-4-6-13(18)7-5-12/h3-10,17,19-20H,1,11H2,2H3. The maximum atomic E-state index is 10.0. The summed E-state index contributed by atoms with van der Waals surface area (Å²) in [6.45, 7) is 4.31. The van der Waals surface area contributed by atoms with E-state index < -0.39 is 6.10 Å². The summed E-state index contributed by atoms with van der Waals surface area (Å²) >= 11 is 3.42. The van der Waals surface area contributed by atoms with Crippen LogP contribution in [0.4, 0.5) is 5.69 Å². The third kappa shape index (κ3) is 4.09. The molecule has 0 aliphatic carbocycles. The number of aliphatic hydroxyl groups excluding tert-OH is 1. The lowest BCUT2D eigenvalue weighted by Crippen LogP contribution is -2.05. The lowest BCUT2D eigenvalue weighted by Gasteiger charge is -2.16. The Hall–Kier alpha value is -1.78. The molecule has 1 atom stereocenters. The highest BCUT2D eigenvalue weighted by atomic mass is 79.9. The number of aliphatic hydroxyl groups is 1. The topological polar surface area (TPSA) is 41.5 Å². The second-order valence-corrected chi connectivity index (χ2v) is 5.53. The van der Waals surface area contributed by atoms with Crippen molar-refractivity contribution >= 4 is 21.6 Å². The summed E-state index contributed by atoms with van der Waals surface area (Å²) in [7, 11) is 1.61. The van der Waals surface area contributed by atoms with E-state index in [2.05, 4.69) is 27.8 Å². The number of hydrogen-bond acceptors (Lipinski definition) is 3. The largest absolute Gasteiger partial charge is 0.497 e. The maximum Gasteiger partial charge on any atom is 0.119 e. The summed E-state index contributed by atoms with van der Waals surface area (Å²) in [4.78, 5) is 0. The van der Waals surface area contributed by atoms with Crippen molar-refractivity contribution in [3.63, 3.8) is 0 Å². The van der Waals surface area contributed by atoms with E-state index in [9.17, 15) is 5.11 Å². The lowest BCUT2D eigenvalue weighted by molar-refractivity contribution is 0.229. The fourth-order valence-corrected chi connectivity index (χ4v) is 2.26. The molecule has 110 valence electrons. The number of halogens is 1. The van der Waals surface area contributed by atoms with E-state index in [4.69, 9.17) is 4.74 Å². The number of rotatable bonds is 6. The van der Waals surface area contributed by atoms with Gasteiger partial charge in [-0.2, -0.15) is 0 Å².